The SMILES string of the molecule is Cc1ccc(S(=O)(=O)[C@@H]2[C@@H](CO)[C@H]2c2ccc(Cl)cc2)cc1. The van der Waals surface area contributed by atoms with Gasteiger partial charge in [-0.2, -0.15) is 0 Å². The summed E-state index contributed by atoms with van der Waals surface area (Å²) in [6.45, 7) is 1.78. The Morgan fingerprint density at radius 1 is 1.05 bits per heavy atom. The third-order valence-electron chi connectivity index (χ3n) is 4.27. The lowest BCUT2D eigenvalue weighted by Gasteiger charge is -2.05. The van der Waals surface area contributed by atoms with Crippen LogP contribution in [-0.2, 0) is 9.84 Å². The minimum Gasteiger partial charge on any atom is -0.396 e. The molecule has 0 saturated heterocycles. The van der Waals surface area contributed by atoms with E-state index in [1.807, 2.05) is 19.1 Å². The topological polar surface area (TPSA) is 54.4 Å². The van der Waals surface area contributed by atoms with Crippen LogP contribution in [0.4, 0.5) is 0 Å². The summed E-state index contributed by atoms with van der Waals surface area (Å²) in [7, 11) is -3.44. The van der Waals surface area contributed by atoms with Crippen molar-refractivity contribution in [1.82, 2.24) is 0 Å². The van der Waals surface area contributed by atoms with Gasteiger partial charge in [-0.05, 0) is 36.8 Å². The second-order valence-corrected chi connectivity index (χ2v) is 8.29. The predicted molar refractivity (Wildman–Crippen MR) is 86.9 cm³/mol. The largest absolute Gasteiger partial charge is 0.396 e. The average molecular weight is 337 g/mol. The third-order valence-corrected chi connectivity index (χ3v) is 6.81. The molecule has 0 aromatic heterocycles. The average Bonchev–Trinajstić information content (AvgIpc) is 3.24. The summed E-state index contributed by atoms with van der Waals surface area (Å²) in [6, 6.07) is 14.0. The van der Waals surface area contributed by atoms with Gasteiger partial charge in [0.2, 0.25) is 0 Å². The number of rotatable bonds is 4. The normalized spacial score (nSPS) is 24.2. The molecule has 1 fully saturated rings. The molecule has 0 unspecified atom stereocenters. The molecule has 1 aliphatic carbocycles. The molecule has 0 heterocycles. The zero-order valence-corrected chi connectivity index (χ0v) is 13.7. The standard InChI is InChI=1S/C17H17ClO3S/c1-11-2-8-14(9-3-11)22(20,21)17-15(10-19)16(17)12-4-6-13(18)7-5-12/h2-9,15-17,19H,10H2,1H3/t15-,16+,17+/m0/s1. The lowest BCUT2D eigenvalue weighted by atomic mass is 10.1. The number of aliphatic hydroxyl groups excluding tert-OH is 1. The fourth-order valence-electron chi connectivity index (χ4n) is 2.99. The molecule has 3 rings (SSSR count). The first kappa shape index (κ1) is 15.5. The van der Waals surface area contributed by atoms with Crippen LogP contribution >= 0.6 is 11.6 Å². The summed E-state index contributed by atoms with van der Waals surface area (Å²) in [5.41, 5.74) is 1.92. The van der Waals surface area contributed by atoms with E-state index in [-0.39, 0.29) is 18.4 Å². The van der Waals surface area contributed by atoms with Gasteiger partial charge in [-0.15, -0.1) is 0 Å². The molecule has 0 aliphatic heterocycles. The summed E-state index contributed by atoms with van der Waals surface area (Å²) in [6.07, 6.45) is 0. The van der Waals surface area contributed by atoms with E-state index in [0.29, 0.717) is 9.92 Å². The van der Waals surface area contributed by atoms with E-state index in [1.54, 1.807) is 36.4 Å². The monoisotopic (exact) mass is 336 g/mol. The number of halogens is 1. The second kappa shape index (κ2) is 5.69. The molecule has 2 aromatic rings. The number of hydrogen-bond donors (Lipinski definition) is 1. The van der Waals surface area contributed by atoms with Crippen LogP contribution in [-0.4, -0.2) is 25.4 Å². The molecule has 0 radical (unpaired) electrons. The number of sulfone groups is 1. The van der Waals surface area contributed by atoms with Crippen molar-refractivity contribution in [2.75, 3.05) is 6.61 Å². The molecular formula is C17H17ClO3S. The van der Waals surface area contributed by atoms with Gasteiger partial charge in [0.1, 0.15) is 0 Å². The molecule has 116 valence electrons. The molecule has 2 aromatic carbocycles. The quantitative estimate of drug-likeness (QED) is 0.932. The molecular weight excluding hydrogens is 320 g/mol. The lowest BCUT2D eigenvalue weighted by molar-refractivity contribution is 0.274. The first-order valence-corrected chi connectivity index (χ1v) is 9.04. The number of aryl methyl sites for hydroxylation is 1. The zero-order valence-electron chi connectivity index (χ0n) is 12.1. The van der Waals surface area contributed by atoms with Gasteiger partial charge in [0.05, 0.1) is 10.1 Å². The Labute approximate surface area is 135 Å². The van der Waals surface area contributed by atoms with Crippen molar-refractivity contribution < 1.29 is 13.5 Å². The molecule has 1 N–H and O–H groups in total. The van der Waals surface area contributed by atoms with Crippen molar-refractivity contribution in [3.63, 3.8) is 0 Å². The highest BCUT2D eigenvalue weighted by Gasteiger charge is 2.58. The van der Waals surface area contributed by atoms with Crippen molar-refractivity contribution in [3.8, 4) is 0 Å². The van der Waals surface area contributed by atoms with E-state index in [4.69, 9.17) is 11.6 Å². The minimum absolute atomic E-state index is 0.136. The van der Waals surface area contributed by atoms with Crippen LogP contribution in [0.25, 0.3) is 0 Å². The van der Waals surface area contributed by atoms with E-state index in [0.717, 1.165) is 11.1 Å². The third kappa shape index (κ3) is 2.67. The number of hydrogen-bond acceptors (Lipinski definition) is 3. The molecule has 0 amide bonds. The van der Waals surface area contributed by atoms with Gasteiger partial charge in [-0.25, -0.2) is 8.42 Å². The highest BCUT2D eigenvalue weighted by Crippen LogP contribution is 2.53. The van der Waals surface area contributed by atoms with Crippen LogP contribution in [0.5, 0.6) is 0 Å². The summed E-state index contributed by atoms with van der Waals surface area (Å²) in [4.78, 5) is 0.318. The van der Waals surface area contributed by atoms with E-state index in [9.17, 15) is 13.5 Å². The fourth-order valence-corrected chi connectivity index (χ4v) is 5.32. The number of benzene rings is 2. The van der Waals surface area contributed by atoms with E-state index in [2.05, 4.69) is 0 Å². The maximum absolute atomic E-state index is 12.8. The van der Waals surface area contributed by atoms with E-state index in [1.165, 1.54) is 0 Å². The van der Waals surface area contributed by atoms with Gasteiger partial charge in [0.25, 0.3) is 0 Å². The van der Waals surface area contributed by atoms with Crippen LogP contribution in [0.15, 0.2) is 53.4 Å². The first-order valence-electron chi connectivity index (χ1n) is 7.12. The summed E-state index contributed by atoms with van der Waals surface area (Å²) >= 11 is 5.88. The molecule has 0 bridgehead atoms. The summed E-state index contributed by atoms with van der Waals surface area (Å²) in [5.74, 6) is -0.430. The van der Waals surface area contributed by atoms with Crippen LogP contribution < -0.4 is 0 Å². The second-order valence-electron chi connectivity index (χ2n) is 5.75. The van der Waals surface area contributed by atoms with Gasteiger partial charge in [-0.3, -0.25) is 0 Å². The molecule has 3 nitrogen and oxygen atoms in total. The molecule has 22 heavy (non-hydrogen) atoms. The fraction of sp³-hybridized carbons (Fsp3) is 0.294. The van der Waals surface area contributed by atoms with Crippen LogP contribution in [0, 0.1) is 12.8 Å². The molecule has 1 saturated carbocycles. The Hall–Kier alpha value is -1.36. The van der Waals surface area contributed by atoms with E-state index >= 15 is 0 Å². The van der Waals surface area contributed by atoms with E-state index < -0.39 is 15.1 Å². The summed E-state index contributed by atoms with van der Waals surface area (Å²) in [5, 5.41) is 9.57. The Morgan fingerprint density at radius 3 is 2.18 bits per heavy atom. The number of aliphatic hydroxyl groups is 1. The smallest absolute Gasteiger partial charge is 0.182 e. The van der Waals surface area contributed by atoms with Crippen LogP contribution in [0.1, 0.15) is 17.0 Å². The minimum atomic E-state index is -3.44. The van der Waals surface area contributed by atoms with Crippen molar-refractivity contribution in [3.05, 3.63) is 64.7 Å². The van der Waals surface area contributed by atoms with Gasteiger partial charge >= 0.3 is 0 Å². The van der Waals surface area contributed by atoms with Gasteiger partial charge < -0.3 is 5.11 Å². The molecule has 1 aliphatic rings. The Balaban J connectivity index is 1.93. The maximum atomic E-state index is 12.8. The lowest BCUT2D eigenvalue weighted by Crippen LogP contribution is -2.11. The Bertz CT molecular complexity index is 767. The van der Waals surface area contributed by atoms with Gasteiger partial charge in [0, 0.05) is 23.5 Å². The van der Waals surface area contributed by atoms with Crippen LogP contribution in [0.3, 0.4) is 0 Å². The highest BCUT2D eigenvalue weighted by molar-refractivity contribution is 7.92. The van der Waals surface area contributed by atoms with Crippen molar-refractivity contribution in [2.45, 2.75) is 23.0 Å². The summed E-state index contributed by atoms with van der Waals surface area (Å²) < 4.78 is 25.6. The first-order chi connectivity index (χ1) is 10.4. The van der Waals surface area contributed by atoms with Crippen molar-refractivity contribution >= 4 is 21.4 Å². The molecule has 3 atom stereocenters. The Morgan fingerprint density at radius 2 is 1.64 bits per heavy atom. The van der Waals surface area contributed by atoms with Gasteiger partial charge in [-0.1, -0.05) is 41.4 Å². The predicted octanol–water partition coefficient (Wildman–Crippen LogP) is 3.20. The van der Waals surface area contributed by atoms with Crippen LogP contribution in [0.2, 0.25) is 5.02 Å². The Kier molecular flexibility index (Phi) is 4.02. The van der Waals surface area contributed by atoms with Crippen molar-refractivity contribution in [2.24, 2.45) is 5.92 Å². The van der Waals surface area contributed by atoms with Crippen molar-refractivity contribution in [1.29, 1.82) is 0 Å². The highest BCUT2D eigenvalue weighted by atomic mass is 35.5. The maximum Gasteiger partial charge on any atom is 0.182 e. The molecule has 5 heteroatoms. The molecule has 0 spiro atoms. The van der Waals surface area contributed by atoms with Gasteiger partial charge in [0.15, 0.2) is 9.84 Å². The zero-order chi connectivity index (χ0) is 15.9.